The summed E-state index contributed by atoms with van der Waals surface area (Å²) in [5.41, 5.74) is 0.925. The number of aliphatic hydroxyl groups is 1. The summed E-state index contributed by atoms with van der Waals surface area (Å²) in [7, 11) is 0. The number of halogens is 3. The van der Waals surface area contributed by atoms with Gasteiger partial charge < -0.3 is 14.3 Å². The van der Waals surface area contributed by atoms with Crippen molar-refractivity contribution in [3.05, 3.63) is 65.2 Å². The number of hydrogen-bond donors (Lipinski definition) is 1. The van der Waals surface area contributed by atoms with Gasteiger partial charge in [-0.3, -0.25) is 4.79 Å². The fourth-order valence-electron chi connectivity index (χ4n) is 3.69. The van der Waals surface area contributed by atoms with Gasteiger partial charge in [0.25, 0.3) is 0 Å². The molecule has 0 aliphatic heterocycles. The number of fused-ring (bicyclic) bond motifs is 1. The Hall–Kier alpha value is -3.29. The predicted molar refractivity (Wildman–Crippen MR) is 133 cm³/mol. The molecule has 36 heavy (non-hydrogen) atoms. The molecule has 1 heterocycles. The number of benzene rings is 2. The van der Waals surface area contributed by atoms with Crippen LogP contribution in [0.1, 0.15) is 71.4 Å². The van der Waals surface area contributed by atoms with Gasteiger partial charge >= 0.3 is 6.18 Å². The highest BCUT2D eigenvalue weighted by atomic mass is 19.4. The largest absolute Gasteiger partial charge is 0.504 e. The van der Waals surface area contributed by atoms with Crippen LogP contribution in [0.4, 0.5) is 13.2 Å². The molecule has 2 aromatic carbocycles. The van der Waals surface area contributed by atoms with E-state index in [4.69, 9.17) is 9.15 Å². The number of alkyl halides is 3. The van der Waals surface area contributed by atoms with Crippen LogP contribution in [0.5, 0.6) is 5.75 Å². The second-order valence-electron chi connectivity index (χ2n) is 10.1. The van der Waals surface area contributed by atoms with Crippen LogP contribution in [-0.2, 0) is 15.6 Å². The minimum Gasteiger partial charge on any atom is -0.504 e. The van der Waals surface area contributed by atoms with Gasteiger partial charge in [0.2, 0.25) is 17.4 Å². The lowest BCUT2D eigenvalue weighted by atomic mass is 9.76. The molecule has 194 valence electrons. The first-order valence-electron chi connectivity index (χ1n) is 11.9. The molecule has 0 bridgehead atoms. The number of nitrogens with zero attached hydrogens (tertiary/aromatic N) is 1. The SMILES string of the molecule is CCC(C)(C)c1ccc(OCC(=O)C(=C(O)C(F)(F)F)c2nc3ccccc3o2)c(C(C)(C)CC)c1. The van der Waals surface area contributed by atoms with Crippen molar-refractivity contribution in [1.82, 2.24) is 4.98 Å². The Bertz CT molecular complexity index is 1250. The molecule has 0 radical (unpaired) electrons. The van der Waals surface area contributed by atoms with E-state index >= 15 is 0 Å². The first kappa shape index (κ1) is 27.3. The van der Waals surface area contributed by atoms with Crippen LogP contribution >= 0.6 is 0 Å². The Labute approximate surface area is 209 Å². The van der Waals surface area contributed by atoms with Crippen LogP contribution in [0.3, 0.4) is 0 Å². The Balaban J connectivity index is 2.00. The minimum atomic E-state index is -5.17. The summed E-state index contributed by atoms with van der Waals surface area (Å²) in [6, 6.07) is 12.0. The van der Waals surface area contributed by atoms with Crippen molar-refractivity contribution >= 4 is 22.5 Å². The molecule has 8 heteroatoms. The van der Waals surface area contributed by atoms with E-state index in [0.29, 0.717) is 5.75 Å². The second kappa shape index (κ2) is 9.99. The molecule has 1 aromatic heterocycles. The molecule has 3 rings (SSSR count). The van der Waals surface area contributed by atoms with Crippen molar-refractivity contribution in [1.29, 1.82) is 0 Å². The summed E-state index contributed by atoms with van der Waals surface area (Å²) in [4.78, 5) is 17.0. The van der Waals surface area contributed by atoms with Crippen LogP contribution in [0.15, 0.2) is 52.6 Å². The van der Waals surface area contributed by atoms with Gasteiger partial charge in [0, 0.05) is 5.56 Å². The number of rotatable bonds is 9. The maximum atomic E-state index is 13.4. The molecular formula is C28H32F3NO4. The molecule has 0 fully saturated rings. The molecule has 0 saturated carbocycles. The van der Waals surface area contributed by atoms with Crippen molar-refractivity contribution in [2.45, 2.75) is 71.4 Å². The Kier molecular flexibility index (Phi) is 7.58. The molecule has 5 nitrogen and oxygen atoms in total. The fourth-order valence-corrected chi connectivity index (χ4v) is 3.69. The molecule has 0 amide bonds. The lowest BCUT2D eigenvalue weighted by Crippen LogP contribution is -2.24. The topological polar surface area (TPSA) is 72.6 Å². The first-order chi connectivity index (χ1) is 16.7. The zero-order chi connectivity index (χ0) is 26.9. The standard InChI is InChI=1S/C28H32F3NO4/c1-7-26(3,4)17-13-14-21(18(15-17)27(5,6)8-2)35-16-20(33)23(24(34)28(29,30)31)25-32-19-11-9-10-12-22(19)36-25/h9-15,34H,7-8,16H2,1-6H3. The number of ether oxygens (including phenoxy) is 1. The number of carbonyl (C=O) groups excluding carboxylic acids is 1. The summed E-state index contributed by atoms with van der Waals surface area (Å²) < 4.78 is 51.5. The zero-order valence-electron chi connectivity index (χ0n) is 21.4. The number of hydrogen-bond acceptors (Lipinski definition) is 5. The Morgan fingerprint density at radius 3 is 2.22 bits per heavy atom. The molecule has 0 aliphatic carbocycles. The quantitative estimate of drug-likeness (QED) is 0.239. The van der Waals surface area contributed by atoms with Gasteiger partial charge in [0.05, 0.1) is 0 Å². The highest BCUT2D eigenvalue weighted by molar-refractivity contribution is 6.21. The third kappa shape index (κ3) is 5.58. The zero-order valence-corrected chi connectivity index (χ0v) is 21.4. The number of carbonyl (C=O) groups is 1. The van der Waals surface area contributed by atoms with Crippen LogP contribution in [0.25, 0.3) is 16.7 Å². The summed E-state index contributed by atoms with van der Waals surface area (Å²) in [5.74, 6) is -3.39. The van der Waals surface area contributed by atoms with Crippen molar-refractivity contribution in [2.24, 2.45) is 0 Å². The highest BCUT2D eigenvalue weighted by Crippen LogP contribution is 2.39. The predicted octanol–water partition coefficient (Wildman–Crippen LogP) is 7.68. The van der Waals surface area contributed by atoms with Gasteiger partial charge in [0.1, 0.15) is 16.8 Å². The molecule has 0 atom stereocenters. The number of aliphatic hydroxyl groups excluding tert-OH is 1. The van der Waals surface area contributed by atoms with Crippen LogP contribution in [-0.4, -0.2) is 28.7 Å². The fraction of sp³-hybridized carbons (Fsp3) is 0.429. The van der Waals surface area contributed by atoms with E-state index in [-0.39, 0.29) is 21.9 Å². The Morgan fingerprint density at radius 2 is 1.64 bits per heavy atom. The average Bonchev–Trinajstić information content (AvgIpc) is 3.25. The second-order valence-corrected chi connectivity index (χ2v) is 10.1. The van der Waals surface area contributed by atoms with E-state index in [9.17, 15) is 23.1 Å². The van der Waals surface area contributed by atoms with E-state index < -0.39 is 35.8 Å². The summed E-state index contributed by atoms with van der Waals surface area (Å²) >= 11 is 0. The van der Waals surface area contributed by atoms with Gasteiger partial charge in [0.15, 0.2) is 12.2 Å². The van der Waals surface area contributed by atoms with E-state index in [0.717, 1.165) is 24.0 Å². The summed E-state index contributed by atoms with van der Waals surface area (Å²) in [6.45, 7) is 11.7. The third-order valence-electron chi connectivity index (χ3n) is 6.91. The number of allylic oxidation sites excluding steroid dienone is 1. The van der Waals surface area contributed by atoms with Gasteiger partial charge in [-0.15, -0.1) is 0 Å². The molecule has 0 unspecified atom stereocenters. The smallest absolute Gasteiger partial charge is 0.449 e. The van der Waals surface area contributed by atoms with Crippen LogP contribution in [0.2, 0.25) is 0 Å². The van der Waals surface area contributed by atoms with E-state index in [1.807, 2.05) is 32.9 Å². The Morgan fingerprint density at radius 1 is 1.00 bits per heavy atom. The molecule has 0 spiro atoms. The average molecular weight is 504 g/mol. The van der Waals surface area contributed by atoms with Crippen molar-refractivity contribution < 1.29 is 32.2 Å². The normalized spacial score (nSPS) is 13.6. The van der Waals surface area contributed by atoms with Gasteiger partial charge in [-0.1, -0.05) is 65.8 Å². The maximum absolute atomic E-state index is 13.4. The minimum absolute atomic E-state index is 0.0890. The van der Waals surface area contributed by atoms with Crippen molar-refractivity contribution in [2.75, 3.05) is 6.61 Å². The lowest BCUT2D eigenvalue weighted by Gasteiger charge is -2.30. The molecule has 1 N–H and O–H groups in total. The summed E-state index contributed by atoms with van der Waals surface area (Å²) in [5, 5.41) is 9.94. The molecule has 3 aromatic rings. The number of oxazole rings is 1. The maximum Gasteiger partial charge on any atom is 0.449 e. The van der Waals surface area contributed by atoms with Crippen LogP contribution < -0.4 is 4.74 Å². The number of aromatic nitrogens is 1. The first-order valence-corrected chi connectivity index (χ1v) is 11.9. The number of Topliss-reactive ketones (excluding diaryl/α,β-unsaturated/α-hetero) is 1. The van der Waals surface area contributed by atoms with E-state index in [1.165, 1.54) is 12.1 Å². The number of para-hydroxylation sites is 2. The van der Waals surface area contributed by atoms with Gasteiger partial charge in [-0.05, 0) is 47.4 Å². The lowest BCUT2D eigenvalue weighted by molar-refractivity contribution is -0.124. The highest BCUT2D eigenvalue weighted by Gasteiger charge is 2.41. The van der Waals surface area contributed by atoms with E-state index in [2.05, 4.69) is 25.8 Å². The summed E-state index contributed by atoms with van der Waals surface area (Å²) in [6.07, 6.45) is -3.49. The monoisotopic (exact) mass is 503 g/mol. The van der Waals surface area contributed by atoms with Crippen molar-refractivity contribution in [3.63, 3.8) is 0 Å². The number of ketones is 1. The van der Waals surface area contributed by atoms with E-state index in [1.54, 1.807) is 18.2 Å². The van der Waals surface area contributed by atoms with Crippen molar-refractivity contribution in [3.8, 4) is 5.75 Å². The van der Waals surface area contributed by atoms with Gasteiger partial charge in [-0.25, -0.2) is 4.98 Å². The third-order valence-corrected chi connectivity index (χ3v) is 6.91. The molecular weight excluding hydrogens is 471 g/mol. The van der Waals surface area contributed by atoms with Crippen LogP contribution in [0, 0.1) is 0 Å². The van der Waals surface area contributed by atoms with Gasteiger partial charge in [-0.2, -0.15) is 13.2 Å². The molecule has 0 saturated heterocycles. The molecule has 0 aliphatic rings.